The molecule has 0 aliphatic carbocycles. The van der Waals surface area contributed by atoms with E-state index in [-0.39, 0.29) is 6.04 Å². The number of nitrogens with zero attached hydrogens (tertiary/aromatic N) is 3. The molecule has 1 N–H and O–H groups in total. The smallest absolute Gasteiger partial charge is 0.0896 e. The van der Waals surface area contributed by atoms with Gasteiger partial charge in [-0.05, 0) is 30.7 Å². The summed E-state index contributed by atoms with van der Waals surface area (Å²) in [4.78, 5) is 4.21. The van der Waals surface area contributed by atoms with Crippen LogP contribution in [0.2, 0.25) is 5.02 Å². The molecule has 108 valence electrons. The zero-order chi connectivity index (χ0) is 14.7. The van der Waals surface area contributed by atoms with Crippen molar-refractivity contribution in [1.29, 1.82) is 0 Å². The van der Waals surface area contributed by atoms with Crippen LogP contribution >= 0.6 is 11.6 Å². The molecule has 2 aromatic heterocycles. The van der Waals surface area contributed by atoms with Crippen molar-refractivity contribution >= 4 is 17.1 Å². The van der Waals surface area contributed by atoms with E-state index < -0.39 is 0 Å². The molecule has 3 aromatic rings. The Morgan fingerprint density at radius 2 is 2.05 bits per heavy atom. The second-order valence-corrected chi connectivity index (χ2v) is 5.38. The Kier molecular flexibility index (Phi) is 4.18. The third-order valence-electron chi connectivity index (χ3n) is 3.47. The first-order chi connectivity index (χ1) is 10.3. The highest BCUT2D eigenvalue weighted by atomic mass is 35.5. The Morgan fingerprint density at radius 3 is 2.81 bits per heavy atom. The van der Waals surface area contributed by atoms with E-state index in [0.717, 1.165) is 29.1 Å². The molecule has 0 fully saturated rings. The van der Waals surface area contributed by atoms with Crippen LogP contribution in [0.15, 0.2) is 49.1 Å². The van der Waals surface area contributed by atoms with E-state index in [4.69, 9.17) is 11.6 Å². The van der Waals surface area contributed by atoms with Gasteiger partial charge in [-0.15, -0.1) is 0 Å². The fourth-order valence-electron chi connectivity index (χ4n) is 2.43. The molecule has 1 unspecified atom stereocenters. The first-order valence-corrected chi connectivity index (χ1v) is 7.43. The van der Waals surface area contributed by atoms with E-state index in [9.17, 15) is 0 Å². The molecule has 1 atom stereocenters. The molecule has 0 spiro atoms. The van der Waals surface area contributed by atoms with E-state index >= 15 is 0 Å². The summed E-state index contributed by atoms with van der Waals surface area (Å²) in [5.74, 6) is 0. The maximum Gasteiger partial charge on any atom is 0.0896 e. The van der Waals surface area contributed by atoms with Gasteiger partial charge in [-0.2, -0.15) is 5.10 Å². The Balaban J connectivity index is 2.04. The topological polar surface area (TPSA) is 42.2 Å². The monoisotopic (exact) mass is 300 g/mol. The molecule has 21 heavy (non-hydrogen) atoms. The van der Waals surface area contributed by atoms with Crippen LogP contribution < -0.4 is 5.32 Å². The predicted molar refractivity (Wildman–Crippen MR) is 84.6 cm³/mol. The highest BCUT2D eigenvalue weighted by Crippen LogP contribution is 2.26. The fraction of sp³-hybridized carbons (Fsp3) is 0.250. The van der Waals surface area contributed by atoms with E-state index in [0.29, 0.717) is 0 Å². The maximum atomic E-state index is 5.99. The number of nitrogens with one attached hydrogen (secondary N) is 1. The normalized spacial score (nSPS) is 12.7. The van der Waals surface area contributed by atoms with Gasteiger partial charge in [0.25, 0.3) is 0 Å². The molecule has 0 radical (unpaired) electrons. The lowest BCUT2D eigenvalue weighted by molar-refractivity contribution is 0.601. The number of hydrogen-bond acceptors (Lipinski definition) is 3. The van der Waals surface area contributed by atoms with Crippen molar-refractivity contribution in [2.24, 2.45) is 0 Å². The molecule has 2 heterocycles. The van der Waals surface area contributed by atoms with Crippen molar-refractivity contribution in [3.63, 3.8) is 0 Å². The molecular formula is C16H17ClN4. The summed E-state index contributed by atoms with van der Waals surface area (Å²) in [5, 5.41) is 8.72. The van der Waals surface area contributed by atoms with Crippen molar-refractivity contribution in [2.45, 2.75) is 19.4 Å². The molecule has 0 bridgehead atoms. The molecule has 3 rings (SSSR count). The van der Waals surface area contributed by atoms with Crippen LogP contribution in [0.1, 0.15) is 30.5 Å². The van der Waals surface area contributed by atoms with E-state index in [2.05, 4.69) is 34.5 Å². The lowest BCUT2D eigenvalue weighted by Crippen LogP contribution is -2.23. The largest absolute Gasteiger partial charge is 0.306 e. The summed E-state index contributed by atoms with van der Waals surface area (Å²) >= 11 is 5.99. The number of fused-ring (bicyclic) bond motifs is 1. The number of halogens is 1. The molecule has 4 nitrogen and oxygen atoms in total. The Morgan fingerprint density at radius 1 is 1.24 bits per heavy atom. The first kappa shape index (κ1) is 14.0. The van der Waals surface area contributed by atoms with E-state index in [1.165, 1.54) is 5.56 Å². The number of hydrogen-bond donors (Lipinski definition) is 1. The van der Waals surface area contributed by atoms with Gasteiger partial charge in [-0.1, -0.05) is 30.7 Å². The highest BCUT2D eigenvalue weighted by Gasteiger charge is 2.17. The molecule has 0 aliphatic heterocycles. The summed E-state index contributed by atoms with van der Waals surface area (Å²) in [5.41, 5.74) is 3.31. The SMILES string of the molecule is CCCNC(c1ccc(Cl)cc1)c1cnn2ccncc12. The average molecular weight is 301 g/mol. The Labute approximate surface area is 128 Å². The number of aromatic nitrogens is 3. The zero-order valence-corrected chi connectivity index (χ0v) is 12.6. The molecule has 1 aromatic carbocycles. The number of benzene rings is 1. The van der Waals surface area contributed by atoms with Gasteiger partial charge in [0.1, 0.15) is 0 Å². The van der Waals surface area contributed by atoms with Gasteiger partial charge in [0, 0.05) is 23.0 Å². The summed E-state index contributed by atoms with van der Waals surface area (Å²) < 4.78 is 1.85. The van der Waals surface area contributed by atoms with Gasteiger partial charge in [0.05, 0.1) is 24.0 Å². The van der Waals surface area contributed by atoms with Crippen LogP contribution in [-0.2, 0) is 0 Å². The van der Waals surface area contributed by atoms with Gasteiger partial charge in [-0.3, -0.25) is 4.98 Å². The minimum absolute atomic E-state index is 0.0870. The lowest BCUT2D eigenvalue weighted by atomic mass is 10.00. The Hall–Kier alpha value is -1.91. The van der Waals surface area contributed by atoms with Crippen LogP contribution in [0.3, 0.4) is 0 Å². The molecule has 0 amide bonds. The Bertz CT molecular complexity index is 720. The first-order valence-electron chi connectivity index (χ1n) is 7.05. The van der Waals surface area contributed by atoms with Gasteiger partial charge >= 0.3 is 0 Å². The molecule has 0 aliphatic rings. The van der Waals surface area contributed by atoms with Crippen LogP contribution in [0.25, 0.3) is 5.52 Å². The van der Waals surface area contributed by atoms with E-state index in [1.54, 1.807) is 6.20 Å². The van der Waals surface area contributed by atoms with Crippen LogP contribution in [0, 0.1) is 0 Å². The van der Waals surface area contributed by atoms with Crippen LogP contribution in [0.5, 0.6) is 0 Å². The summed E-state index contributed by atoms with van der Waals surface area (Å²) in [6.45, 7) is 3.09. The van der Waals surface area contributed by atoms with E-state index in [1.807, 2.05) is 35.2 Å². The van der Waals surface area contributed by atoms with Gasteiger partial charge in [0.15, 0.2) is 0 Å². The van der Waals surface area contributed by atoms with Crippen molar-refractivity contribution in [2.75, 3.05) is 6.54 Å². The average Bonchev–Trinajstić information content (AvgIpc) is 2.93. The predicted octanol–water partition coefficient (Wildman–Crippen LogP) is 3.47. The third kappa shape index (κ3) is 2.91. The maximum absolute atomic E-state index is 5.99. The highest BCUT2D eigenvalue weighted by molar-refractivity contribution is 6.30. The second kappa shape index (κ2) is 6.24. The zero-order valence-electron chi connectivity index (χ0n) is 11.8. The minimum Gasteiger partial charge on any atom is -0.306 e. The fourth-order valence-corrected chi connectivity index (χ4v) is 2.55. The summed E-state index contributed by atoms with van der Waals surface area (Å²) in [7, 11) is 0. The quantitative estimate of drug-likeness (QED) is 0.784. The third-order valence-corrected chi connectivity index (χ3v) is 3.72. The van der Waals surface area contributed by atoms with Crippen LogP contribution in [0.4, 0.5) is 0 Å². The van der Waals surface area contributed by atoms with Crippen LogP contribution in [-0.4, -0.2) is 21.1 Å². The van der Waals surface area contributed by atoms with Gasteiger partial charge in [0.2, 0.25) is 0 Å². The van der Waals surface area contributed by atoms with Crippen molar-refractivity contribution in [1.82, 2.24) is 19.9 Å². The molecule has 0 saturated carbocycles. The standard InChI is InChI=1S/C16H17ClN4/c1-2-7-19-16(12-3-5-13(17)6-4-12)14-10-20-21-9-8-18-11-15(14)21/h3-6,8-11,16,19H,2,7H2,1H3. The van der Waals surface area contributed by atoms with Crippen molar-refractivity contribution < 1.29 is 0 Å². The minimum atomic E-state index is 0.0870. The van der Waals surface area contributed by atoms with Gasteiger partial charge < -0.3 is 5.32 Å². The summed E-state index contributed by atoms with van der Waals surface area (Å²) in [6.07, 6.45) is 8.41. The van der Waals surface area contributed by atoms with Crippen molar-refractivity contribution in [3.8, 4) is 0 Å². The molecule has 0 saturated heterocycles. The lowest BCUT2D eigenvalue weighted by Gasteiger charge is -2.18. The van der Waals surface area contributed by atoms with Crippen molar-refractivity contribution in [3.05, 3.63) is 65.2 Å². The van der Waals surface area contributed by atoms with Gasteiger partial charge in [-0.25, -0.2) is 4.52 Å². The number of rotatable bonds is 5. The molecule has 5 heteroatoms. The second-order valence-electron chi connectivity index (χ2n) is 4.94. The summed E-state index contributed by atoms with van der Waals surface area (Å²) in [6, 6.07) is 8.03. The molecular weight excluding hydrogens is 284 g/mol.